The van der Waals surface area contributed by atoms with E-state index >= 15 is 0 Å². The van der Waals surface area contributed by atoms with Crippen LogP contribution in [0.15, 0.2) is 53.6 Å². The largest absolute Gasteiger partial charge is 0.469 e. The molecule has 0 amide bonds. The molecule has 124 valence electrons. The summed E-state index contributed by atoms with van der Waals surface area (Å²) in [5.74, 6) is 2.05. The lowest BCUT2D eigenvalue weighted by Gasteiger charge is -2.38. The number of benzene rings is 2. The molecule has 2 aromatic rings. The van der Waals surface area contributed by atoms with Crippen molar-refractivity contribution in [2.75, 3.05) is 12.0 Å². The van der Waals surface area contributed by atoms with Crippen molar-refractivity contribution in [1.29, 1.82) is 0 Å². The summed E-state index contributed by atoms with van der Waals surface area (Å²) >= 11 is 7.85. The number of para-hydroxylation sites is 1. The summed E-state index contributed by atoms with van der Waals surface area (Å²) in [5, 5.41) is 7.82. The maximum atomic E-state index is 6.24. The van der Waals surface area contributed by atoms with Gasteiger partial charge in [-0.05, 0) is 35.8 Å². The molecule has 0 fully saturated rings. The van der Waals surface area contributed by atoms with E-state index in [2.05, 4.69) is 29.5 Å². The summed E-state index contributed by atoms with van der Waals surface area (Å²) < 4.78 is 6.24. The van der Waals surface area contributed by atoms with Gasteiger partial charge in [0, 0.05) is 23.4 Å². The summed E-state index contributed by atoms with van der Waals surface area (Å²) in [5.41, 5.74) is 3.46. The maximum Gasteiger partial charge on any atom is 0.188 e. The molecule has 2 aliphatic rings. The van der Waals surface area contributed by atoms with Crippen molar-refractivity contribution in [2.45, 2.75) is 25.1 Å². The van der Waals surface area contributed by atoms with Gasteiger partial charge in [0.2, 0.25) is 0 Å². The Bertz CT molecular complexity index is 762. The monoisotopic (exact) mass is 358 g/mol. The van der Waals surface area contributed by atoms with E-state index in [1.54, 1.807) is 0 Å². The topological polar surface area (TPSA) is 24.8 Å². The lowest BCUT2D eigenvalue weighted by Crippen LogP contribution is -2.40. The van der Waals surface area contributed by atoms with Crippen LogP contribution in [0.4, 0.5) is 0 Å². The van der Waals surface area contributed by atoms with E-state index in [4.69, 9.17) is 21.4 Å². The first-order valence-corrected chi connectivity index (χ1v) is 9.89. The van der Waals surface area contributed by atoms with E-state index in [-0.39, 0.29) is 12.3 Å². The molecule has 0 N–H and O–H groups in total. The van der Waals surface area contributed by atoms with Crippen molar-refractivity contribution in [3.05, 3.63) is 64.7 Å². The number of hydrogen-bond acceptors (Lipinski definition) is 4. The predicted molar refractivity (Wildman–Crippen MR) is 101 cm³/mol. The first-order valence-electron chi connectivity index (χ1n) is 8.12. The lowest BCUT2D eigenvalue weighted by atomic mass is 9.96. The number of halogens is 1. The molecule has 2 aliphatic heterocycles. The van der Waals surface area contributed by atoms with Crippen molar-refractivity contribution in [2.24, 2.45) is 5.10 Å². The van der Waals surface area contributed by atoms with Crippen LogP contribution in [-0.4, -0.2) is 29.0 Å². The number of hydrazone groups is 1. The van der Waals surface area contributed by atoms with Gasteiger partial charge >= 0.3 is 0 Å². The minimum Gasteiger partial charge on any atom is -0.469 e. The molecule has 0 bridgehead atoms. The Morgan fingerprint density at radius 3 is 2.79 bits per heavy atom. The normalized spacial score (nSPS) is 21.8. The molecule has 0 spiro atoms. The second kappa shape index (κ2) is 6.69. The molecule has 2 aromatic carbocycles. The number of nitrogens with zero attached hydrogens (tertiary/aromatic N) is 2. The van der Waals surface area contributed by atoms with Gasteiger partial charge in [0.25, 0.3) is 0 Å². The first kappa shape index (κ1) is 15.9. The molecule has 0 radical (unpaired) electrons. The van der Waals surface area contributed by atoms with Crippen molar-refractivity contribution in [3.8, 4) is 5.75 Å². The smallest absolute Gasteiger partial charge is 0.188 e. The van der Waals surface area contributed by atoms with Gasteiger partial charge < -0.3 is 4.74 Å². The van der Waals surface area contributed by atoms with E-state index < -0.39 is 0 Å². The molecule has 4 rings (SSSR count). The number of fused-ring (bicyclic) bond motifs is 3. The quantitative estimate of drug-likeness (QED) is 0.772. The molecule has 2 unspecified atom stereocenters. The summed E-state index contributed by atoms with van der Waals surface area (Å²) in [6, 6.07) is 16.5. The van der Waals surface area contributed by atoms with Crippen LogP contribution in [0.2, 0.25) is 5.02 Å². The Labute approximate surface area is 151 Å². The van der Waals surface area contributed by atoms with Gasteiger partial charge in [-0.15, -0.1) is 0 Å². The molecule has 5 heteroatoms. The Morgan fingerprint density at radius 1 is 1.21 bits per heavy atom. The number of thioether (sulfide) groups is 1. The average molecular weight is 359 g/mol. The average Bonchev–Trinajstić information content (AvgIpc) is 3.06. The minimum atomic E-state index is 0.00199. The lowest BCUT2D eigenvalue weighted by molar-refractivity contribution is -0.0180. The van der Waals surface area contributed by atoms with E-state index in [0.29, 0.717) is 0 Å². The fourth-order valence-corrected chi connectivity index (χ4v) is 3.90. The predicted octanol–water partition coefficient (Wildman–Crippen LogP) is 4.96. The summed E-state index contributed by atoms with van der Waals surface area (Å²) in [6.07, 6.45) is 3.99. The van der Waals surface area contributed by atoms with E-state index in [0.717, 1.165) is 40.6 Å². The second-order valence-electron chi connectivity index (χ2n) is 6.05. The third-order valence-electron chi connectivity index (χ3n) is 4.52. The highest BCUT2D eigenvalue weighted by atomic mass is 35.5. The van der Waals surface area contributed by atoms with Gasteiger partial charge in [0.05, 0.1) is 11.8 Å². The van der Waals surface area contributed by atoms with Crippen LogP contribution in [0.5, 0.6) is 5.75 Å². The van der Waals surface area contributed by atoms with Crippen LogP contribution in [-0.2, 0) is 0 Å². The van der Waals surface area contributed by atoms with Crippen LogP contribution < -0.4 is 4.74 Å². The van der Waals surface area contributed by atoms with Gasteiger partial charge in [0.1, 0.15) is 5.75 Å². The van der Waals surface area contributed by atoms with Gasteiger partial charge in [-0.3, -0.25) is 5.01 Å². The Morgan fingerprint density at radius 2 is 2.00 bits per heavy atom. The highest BCUT2D eigenvalue weighted by Gasteiger charge is 2.39. The van der Waals surface area contributed by atoms with Gasteiger partial charge in [-0.25, -0.2) is 0 Å². The highest BCUT2D eigenvalue weighted by Crippen LogP contribution is 2.43. The molecule has 0 saturated carbocycles. The molecule has 0 saturated heterocycles. The van der Waals surface area contributed by atoms with E-state index in [1.165, 1.54) is 5.56 Å². The molecule has 2 atom stereocenters. The second-order valence-corrected chi connectivity index (χ2v) is 7.47. The zero-order chi connectivity index (χ0) is 16.5. The van der Waals surface area contributed by atoms with Crippen LogP contribution in [0.1, 0.15) is 30.0 Å². The molecule has 3 nitrogen and oxygen atoms in total. The Hall–Kier alpha value is -1.65. The summed E-state index contributed by atoms with van der Waals surface area (Å²) in [6.45, 7) is 0. The van der Waals surface area contributed by atoms with Crippen LogP contribution in [0.25, 0.3) is 0 Å². The molecular formula is C19H19ClN2OS. The van der Waals surface area contributed by atoms with Crippen LogP contribution in [0.3, 0.4) is 0 Å². The molecular weight excluding hydrogens is 340 g/mol. The van der Waals surface area contributed by atoms with Crippen molar-refractivity contribution >= 4 is 29.1 Å². The van der Waals surface area contributed by atoms with Crippen LogP contribution in [0, 0.1) is 0 Å². The minimum absolute atomic E-state index is 0.00199. The van der Waals surface area contributed by atoms with E-state index in [9.17, 15) is 0 Å². The van der Waals surface area contributed by atoms with Crippen molar-refractivity contribution in [3.63, 3.8) is 0 Å². The fourth-order valence-electron chi connectivity index (χ4n) is 3.34. The zero-order valence-corrected chi connectivity index (χ0v) is 15.1. The van der Waals surface area contributed by atoms with Crippen molar-refractivity contribution in [1.82, 2.24) is 5.01 Å². The first-order chi connectivity index (χ1) is 11.8. The standard InChI is InChI=1S/C19H19ClN2OS/c1-24-11-10-19-22-17(15-4-2-3-5-18(15)23-19)12-16(21-22)13-6-8-14(20)9-7-13/h2-9,17,19H,10-12H2,1H3. The van der Waals surface area contributed by atoms with Gasteiger partial charge in [-0.1, -0.05) is 41.9 Å². The van der Waals surface area contributed by atoms with Gasteiger partial charge in [-0.2, -0.15) is 16.9 Å². The third-order valence-corrected chi connectivity index (χ3v) is 5.42. The number of hydrogen-bond donors (Lipinski definition) is 0. The van der Waals surface area contributed by atoms with Crippen LogP contribution >= 0.6 is 23.4 Å². The Balaban J connectivity index is 1.68. The molecule has 0 aromatic heterocycles. The zero-order valence-electron chi connectivity index (χ0n) is 13.5. The fraction of sp³-hybridized carbons (Fsp3) is 0.316. The highest BCUT2D eigenvalue weighted by molar-refractivity contribution is 7.98. The Kier molecular flexibility index (Phi) is 4.42. The third kappa shape index (κ3) is 2.89. The number of ether oxygens (including phenoxy) is 1. The van der Waals surface area contributed by atoms with E-state index in [1.807, 2.05) is 42.1 Å². The number of rotatable bonds is 4. The summed E-state index contributed by atoms with van der Waals surface area (Å²) in [7, 11) is 0. The van der Waals surface area contributed by atoms with Crippen molar-refractivity contribution < 1.29 is 4.74 Å². The molecule has 24 heavy (non-hydrogen) atoms. The SMILES string of the molecule is CSCCC1Oc2ccccc2C2CC(c3ccc(Cl)cc3)=NN12. The molecule has 2 heterocycles. The maximum absolute atomic E-state index is 6.24. The molecule has 0 aliphatic carbocycles. The van der Waals surface area contributed by atoms with Gasteiger partial charge in [0.15, 0.2) is 6.23 Å². The summed E-state index contributed by atoms with van der Waals surface area (Å²) in [4.78, 5) is 0.